The van der Waals surface area contributed by atoms with Crippen molar-refractivity contribution in [2.24, 2.45) is 0 Å². The van der Waals surface area contributed by atoms with Gasteiger partial charge in [-0.15, -0.1) is 0 Å². The molecule has 194 valence electrons. The predicted octanol–water partition coefficient (Wildman–Crippen LogP) is 5.17. The smallest absolute Gasteiger partial charge is 0.209 e. The lowest BCUT2D eigenvalue weighted by atomic mass is 10.1. The minimum absolute atomic E-state index is 0.0417. The lowest BCUT2D eigenvalue weighted by Gasteiger charge is -2.21. The van der Waals surface area contributed by atoms with Crippen molar-refractivity contribution in [2.45, 2.75) is 65.9 Å². The van der Waals surface area contributed by atoms with Crippen LogP contribution in [0.5, 0.6) is 0 Å². The second-order valence-electron chi connectivity index (χ2n) is 9.52. The third-order valence-electron chi connectivity index (χ3n) is 6.01. The fourth-order valence-corrected chi connectivity index (χ4v) is 3.85. The summed E-state index contributed by atoms with van der Waals surface area (Å²) < 4.78 is 4.94. The molecule has 0 saturated heterocycles. The molecule has 1 aliphatic heterocycles. The maximum Gasteiger partial charge on any atom is 0.209 e. The van der Waals surface area contributed by atoms with Crippen LogP contribution in [0.1, 0.15) is 70.8 Å². The molecule has 0 spiro atoms. The molecule has 3 N–H and O–H groups in total. The summed E-state index contributed by atoms with van der Waals surface area (Å²) in [6, 6.07) is 2.10. The molecule has 36 heavy (non-hydrogen) atoms. The Morgan fingerprint density at radius 1 is 1.17 bits per heavy atom. The minimum atomic E-state index is 0.0417. The summed E-state index contributed by atoms with van der Waals surface area (Å²) in [6.07, 6.45) is 12.4. The molecule has 2 aliphatic rings. The van der Waals surface area contributed by atoms with Crippen molar-refractivity contribution >= 4 is 34.9 Å². The Morgan fingerprint density at radius 2 is 1.94 bits per heavy atom. The van der Waals surface area contributed by atoms with Gasteiger partial charge in [0.2, 0.25) is 6.41 Å². The number of aromatic amines is 2. The highest BCUT2D eigenvalue weighted by atomic mass is 16.5. The number of anilines is 1. The molecule has 0 fully saturated rings. The molecular weight excluding hydrogens is 454 g/mol. The second kappa shape index (κ2) is 12.5. The van der Waals surface area contributed by atoms with Crippen molar-refractivity contribution < 1.29 is 9.53 Å². The van der Waals surface area contributed by atoms with Crippen molar-refractivity contribution in [1.82, 2.24) is 30.0 Å². The molecule has 0 atom stereocenters. The SMILES string of the molecule is CC.COC(C)(C)C.O=CN1CC=C(c2cc3c(NC4=Cc5cn[nH]c5CCC4)ncnc3[nH]2)CC1. The molecule has 0 radical (unpaired) electrons. The molecule has 9 nitrogen and oxygen atoms in total. The molecule has 1 aliphatic carbocycles. The number of ether oxygens (including phenoxy) is 1. The number of aromatic nitrogens is 5. The van der Waals surface area contributed by atoms with Crippen molar-refractivity contribution in [3.63, 3.8) is 0 Å². The number of amides is 1. The van der Waals surface area contributed by atoms with Crippen molar-refractivity contribution in [3.05, 3.63) is 47.3 Å². The van der Waals surface area contributed by atoms with E-state index in [9.17, 15) is 4.79 Å². The zero-order chi connectivity index (χ0) is 26.1. The fraction of sp³-hybridized carbons (Fsp3) is 0.481. The van der Waals surface area contributed by atoms with E-state index in [1.165, 1.54) is 11.3 Å². The van der Waals surface area contributed by atoms with Gasteiger partial charge in [-0.2, -0.15) is 5.10 Å². The van der Waals surface area contributed by atoms with E-state index in [0.29, 0.717) is 6.54 Å². The van der Waals surface area contributed by atoms with Crippen LogP contribution in [0.2, 0.25) is 0 Å². The van der Waals surface area contributed by atoms with Crippen LogP contribution in [0, 0.1) is 0 Å². The van der Waals surface area contributed by atoms with Crippen LogP contribution in [0.3, 0.4) is 0 Å². The number of aryl methyl sites for hydroxylation is 1. The maximum absolute atomic E-state index is 10.9. The molecule has 0 saturated carbocycles. The topological polar surface area (TPSA) is 112 Å². The molecule has 0 bridgehead atoms. The molecule has 0 unspecified atom stereocenters. The van der Waals surface area contributed by atoms with Crippen LogP contribution in [-0.4, -0.2) is 62.3 Å². The molecule has 9 heteroatoms. The van der Waals surface area contributed by atoms with Crippen LogP contribution in [0.15, 0.2) is 30.4 Å². The normalized spacial score (nSPS) is 15.3. The zero-order valence-electron chi connectivity index (χ0n) is 22.3. The van der Waals surface area contributed by atoms with Gasteiger partial charge in [-0.25, -0.2) is 9.97 Å². The number of H-pyrrole nitrogens is 2. The molecule has 4 heterocycles. The van der Waals surface area contributed by atoms with Gasteiger partial charge >= 0.3 is 0 Å². The average molecular weight is 494 g/mol. The van der Waals surface area contributed by atoms with E-state index in [1.54, 1.807) is 18.3 Å². The van der Waals surface area contributed by atoms with Crippen LogP contribution in [0.25, 0.3) is 22.7 Å². The summed E-state index contributed by atoms with van der Waals surface area (Å²) >= 11 is 0. The second-order valence-corrected chi connectivity index (χ2v) is 9.52. The number of carbonyl (C=O) groups excluding carboxylic acids is 1. The molecule has 3 aromatic heterocycles. The summed E-state index contributed by atoms with van der Waals surface area (Å²) in [5.74, 6) is 0.802. The van der Waals surface area contributed by atoms with E-state index < -0.39 is 0 Å². The zero-order valence-corrected chi connectivity index (χ0v) is 22.3. The van der Waals surface area contributed by atoms with E-state index in [1.807, 2.05) is 40.8 Å². The Hall–Kier alpha value is -3.46. The number of rotatable bonds is 4. The van der Waals surface area contributed by atoms with Crippen LogP contribution < -0.4 is 5.32 Å². The highest BCUT2D eigenvalue weighted by Crippen LogP contribution is 2.29. The predicted molar refractivity (Wildman–Crippen MR) is 145 cm³/mol. The molecular formula is C27H39N7O2. The summed E-state index contributed by atoms with van der Waals surface area (Å²) in [5.41, 5.74) is 6.54. The van der Waals surface area contributed by atoms with Gasteiger partial charge in [0.15, 0.2) is 0 Å². The lowest BCUT2D eigenvalue weighted by molar-refractivity contribution is -0.117. The van der Waals surface area contributed by atoms with Gasteiger partial charge in [-0.3, -0.25) is 9.89 Å². The number of fused-ring (bicyclic) bond motifs is 2. The number of allylic oxidation sites excluding steroid dienone is 1. The molecule has 3 aromatic rings. The van der Waals surface area contributed by atoms with Gasteiger partial charge in [-0.05, 0) is 64.2 Å². The quantitative estimate of drug-likeness (QED) is 0.432. The van der Waals surface area contributed by atoms with Crippen LogP contribution in [0.4, 0.5) is 5.82 Å². The van der Waals surface area contributed by atoms with E-state index >= 15 is 0 Å². The first-order valence-corrected chi connectivity index (χ1v) is 12.6. The third-order valence-corrected chi connectivity index (χ3v) is 6.01. The van der Waals surface area contributed by atoms with E-state index in [4.69, 9.17) is 4.74 Å². The van der Waals surface area contributed by atoms with Gasteiger partial charge in [0, 0.05) is 42.8 Å². The highest BCUT2D eigenvalue weighted by molar-refractivity contribution is 5.91. The summed E-state index contributed by atoms with van der Waals surface area (Å²) in [7, 11) is 1.71. The monoisotopic (exact) mass is 493 g/mol. The first-order valence-electron chi connectivity index (χ1n) is 12.6. The minimum Gasteiger partial charge on any atom is -0.379 e. The molecule has 1 amide bonds. The number of hydrogen-bond acceptors (Lipinski definition) is 6. The average Bonchev–Trinajstić information content (AvgIpc) is 3.48. The Labute approximate surface area is 213 Å². The molecule has 5 rings (SSSR count). The van der Waals surface area contributed by atoms with Crippen molar-refractivity contribution in [3.8, 4) is 0 Å². The Balaban J connectivity index is 0.000000399. The largest absolute Gasteiger partial charge is 0.379 e. The number of nitrogens with one attached hydrogen (secondary N) is 3. The Kier molecular flexibility index (Phi) is 9.41. The standard InChI is InChI=1S/C20H21N7O.C5H12O.C2H6/c28-12-27-6-4-13(5-7-27)18-9-16-19(21-11-22-20(16)25-18)24-15-2-1-3-17-14(8-15)10-23-26-17;1-5(2,3)6-4;1-2/h4,8-12H,1-3,5-7H2,(H,23,26)(H2,21,22,24,25);1-4H3;1-2H3. The first-order chi connectivity index (χ1) is 17.4. The Bertz CT molecular complexity index is 1200. The van der Waals surface area contributed by atoms with Crippen molar-refractivity contribution in [1.29, 1.82) is 0 Å². The van der Waals surface area contributed by atoms with E-state index in [0.717, 1.165) is 72.4 Å². The lowest BCUT2D eigenvalue weighted by Crippen LogP contribution is -2.26. The van der Waals surface area contributed by atoms with Gasteiger partial charge in [-0.1, -0.05) is 19.9 Å². The number of carbonyl (C=O) groups is 1. The Morgan fingerprint density at radius 3 is 2.61 bits per heavy atom. The fourth-order valence-electron chi connectivity index (χ4n) is 3.85. The number of hydrogen-bond donors (Lipinski definition) is 3. The highest BCUT2D eigenvalue weighted by Gasteiger charge is 2.16. The summed E-state index contributed by atoms with van der Waals surface area (Å²) in [5, 5.41) is 11.7. The van der Waals surface area contributed by atoms with E-state index in [2.05, 4.69) is 48.7 Å². The third kappa shape index (κ3) is 7.04. The van der Waals surface area contributed by atoms with Crippen LogP contribution >= 0.6 is 0 Å². The number of nitrogens with zero attached hydrogens (tertiary/aromatic N) is 4. The van der Waals surface area contributed by atoms with Crippen molar-refractivity contribution in [2.75, 3.05) is 25.5 Å². The van der Waals surface area contributed by atoms with Gasteiger partial charge in [0.05, 0.1) is 17.2 Å². The van der Waals surface area contributed by atoms with Gasteiger partial charge in [0.1, 0.15) is 17.8 Å². The molecule has 0 aromatic carbocycles. The summed E-state index contributed by atoms with van der Waals surface area (Å²) in [4.78, 5) is 24.9. The number of methoxy groups -OCH3 is 1. The maximum atomic E-state index is 10.9. The van der Waals surface area contributed by atoms with Crippen LogP contribution in [-0.2, 0) is 16.0 Å². The van der Waals surface area contributed by atoms with Gasteiger partial charge in [0.25, 0.3) is 0 Å². The summed E-state index contributed by atoms with van der Waals surface area (Å²) in [6.45, 7) is 11.4. The first kappa shape index (κ1) is 27.1. The van der Waals surface area contributed by atoms with Gasteiger partial charge < -0.3 is 19.9 Å². The van der Waals surface area contributed by atoms with E-state index in [-0.39, 0.29) is 5.60 Å².